The van der Waals surface area contributed by atoms with E-state index >= 15 is 0 Å². The van der Waals surface area contributed by atoms with Gasteiger partial charge in [-0.15, -0.1) is 0 Å². The first-order valence-corrected chi connectivity index (χ1v) is 8.61. The summed E-state index contributed by atoms with van der Waals surface area (Å²) < 4.78 is 23.7. The maximum atomic E-state index is 6.18. The predicted octanol–water partition coefficient (Wildman–Crippen LogP) is 2.67. The highest BCUT2D eigenvalue weighted by Crippen LogP contribution is 2.37. The fourth-order valence-corrected chi connectivity index (χ4v) is 2.64. The molecule has 2 aliphatic rings. The van der Waals surface area contributed by atoms with E-state index in [1.807, 2.05) is 26.8 Å². The van der Waals surface area contributed by atoms with Gasteiger partial charge >= 0.3 is 7.12 Å². The normalized spacial score (nSPS) is 23.2. The zero-order valence-electron chi connectivity index (χ0n) is 15.8. The first kappa shape index (κ1) is 17.7. The molecule has 3 rings (SSSR count). The minimum atomic E-state index is -0.417. The van der Waals surface area contributed by atoms with Crippen molar-refractivity contribution < 1.29 is 18.8 Å². The fourth-order valence-electron chi connectivity index (χ4n) is 2.64. The van der Waals surface area contributed by atoms with Crippen LogP contribution in [0, 0.1) is 0 Å². The molecule has 24 heavy (non-hydrogen) atoms. The van der Waals surface area contributed by atoms with Crippen molar-refractivity contribution in [1.29, 1.82) is 0 Å². The van der Waals surface area contributed by atoms with E-state index in [1.165, 1.54) is 0 Å². The molecule has 1 aromatic heterocycles. The molecule has 0 spiro atoms. The minimum Gasteiger partial charge on any atom is -0.472 e. The van der Waals surface area contributed by atoms with Gasteiger partial charge in [0.05, 0.1) is 30.1 Å². The van der Waals surface area contributed by atoms with Gasteiger partial charge in [0.15, 0.2) is 0 Å². The summed E-state index contributed by atoms with van der Waals surface area (Å²) in [5, 5.41) is 0. The topological polar surface area (TPSA) is 49.8 Å². The number of hydrogen-bond donors (Lipinski definition) is 0. The molecule has 6 heteroatoms. The summed E-state index contributed by atoms with van der Waals surface area (Å²) in [6.07, 6.45) is 0. The van der Waals surface area contributed by atoms with Crippen molar-refractivity contribution in [3.8, 4) is 5.88 Å². The van der Waals surface area contributed by atoms with Crippen LogP contribution in [0.5, 0.6) is 5.88 Å². The molecule has 0 saturated carbocycles. The molecule has 0 atom stereocenters. The van der Waals surface area contributed by atoms with Gasteiger partial charge in [0.25, 0.3) is 0 Å². The van der Waals surface area contributed by atoms with Crippen LogP contribution in [0.3, 0.4) is 0 Å². The quantitative estimate of drug-likeness (QED) is 0.796. The Balaban J connectivity index is 1.93. The van der Waals surface area contributed by atoms with Gasteiger partial charge in [-0.2, -0.15) is 0 Å². The van der Waals surface area contributed by atoms with Crippen molar-refractivity contribution >= 4 is 12.6 Å². The molecule has 0 N–H and O–H groups in total. The second-order valence-electron chi connectivity index (χ2n) is 8.70. The van der Waals surface area contributed by atoms with Crippen LogP contribution in [0.15, 0.2) is 12.1 Å². The lowest BCUT2D eigenvalue weighted by Crippen LogP contribution is -2.41. The first-order valence-electron chi connectivity index (χ1n) is 8.61. The zero-order chi connectivity index (χ0) is 17.8. The molecular formula is C18H28BNO4. The van der Waals surface area contributed by atoms with Crippen LogP contribution in [-0.2, 0) is 14.0 Å². The van der Waals surface area contributed by atoms with E-state index in [0.29, 0.717) is 25.0 Å². The molecule has 0 bridgehead atoms. The minimum absolute atomic E-state index is 0.311. The van der Waals surface area contributed by atoms with Gasteiger partial charge in [-0.25, -0.2) is 4.98 Å². The molecule has 2 saturated heterocycles. The third-order valence-corrected chi connectivity index (χ3v) is 4.84. The van der Waals surface area contributed by atoms with Crippen LogP contribution >= 0.6 is 0 Å². The lowest BCUT2D eigenvalue weighted by Gasteiger charge is -2.32. The second-order valence-corrected chi connectivity index (χ2v) is 8.70. The number of ether oxygens (including phenoxy) is 2. The molecule has 132 valence electrons. The Kier molecular flexibility index (Phi) is 4.22. The third-order valence-electron chi connectivity index (χ3n) is 4.84. The average Bonchev–Trinajstić information content (AvgIpc) is 2.53. The maximum absolute atomic E-state index is 6.18. The van der Waals surface area contributed by atoms with E-state index in [9.17, 15) is 0 Å². The number of pyridine rings is 1. The van der Waals surface area contributed by atoms with Crippen molar-refractivity contribution in [2.45, 2.75) is 71.2 Å². The van der Waals surface area contributed by atoms with Gasteiger partial charge < -0.3 is 18.8 Å². The summed E-state index contributed by atoms with van der Waals surface area (Å²) in [6, 6.07) is 3.99. The summed E-state index contributed by atoms with van der Waals surface area (Å²) in [5.41, 5.74) is 0.879. The van der Waals surface area contributed by atoms with Gasteiger partial charge in [0, 0.05) is 12.0 Å². The molecular weight excluding hydrogens is 305 g/mol. The Morgan fingerprint density at radius 1 is 1.08 bits per heavy atom. The lowest BCUT2D eigenvalue weighted by molar-refractivity contribution is 0.00578. The summed E-state index contributed by atoms with van der Waals surface area (Å²) in [7, 11) is -0.417. The monoisotopic (exact) mass is 333 g/mol. The Morgan fingerprint density at radius 2 is 1.67 bits per heavy atom. The van der Waals surface area contributed by atoms with E-state index in [-0.39, 0.29) is 16.8 Å². The molecule has 3 heterocycles. The highest BCUT2D eigenvalue weighted by Gasteiger charge is 2.52. The maximum Gasteiger partial charge on any atom is 0.495 e. The van der Waals surface area contributed by atoms with Crippen molar-refractivity contribution in [3.05, 3.63) is 17.8 Å². The number of aromatic nitrogens is 1. The van der Waals surface area contributed by atoms with Crippen LogP contribution in [0.25, 0.3) is 0 Å². The molecule has 0 amide bonds. The largest absolute Gasteiger partial charge is 0.495 e. The standard InChI is InChI=1S/C18H28BNO4/c1-16(2,3)22-15-9-13(8-14(20-15)12-10-21-11-12)19-23-17(4,5)18(6,7)24-19/h8-9,12H,10-11H2,1-7H3. The van der Waals surface area contributed by atoms with E-state index in [2.05, 4.69) is 38.7 Å². The van der Waals surface area contributed by atoms with Gasteiger partial charge in [0.1, 0.15) is 5.60 Å². The molecule has 0 unspecified atom stereocenters. The van der Waals surface area contributed by atoms with E-state index in [1.54, 1.807) is 0 Å². The SMILES string of the molecule is CC(C)(C)Oc1cc(B2OC(C)(C)C(C)(C)O2)cc(C2COC2)n1. The van der Waals surface area contributed by atoms with Crippen molar-refractivity contribution in [2.75, 3.05) is 13.2 Å². The van der Waals surface area contributed by atoms with E-state index in [0.717, 1.165) is 11.2 Å². The average molecular weight is 333 g/mol. The van der Waals surface area contributed by atoms with Crippen molar-refractivity contribution in [2.24, 2.45) is 0 Å². The highest BCUT2D eigenvalue weighted by molar-refractivity contribution is 6.62. The van der Waals surface area contributed by atoms with Gasteiger partial charge in [-0.05, 0) is 60.0 Å². The van der Waals surface area contributed by atoms with Crippen LogP contribution in [0.4, 0.5) is 0 Å². The number of nitrogens with zero attached hydrogens (tertiary/aromatic N) is 1. The fraction of sp³-hybridized carbons (Fsp3) is 0.722. The molecule has 5 nitrogen and oxygen atoms in total. The molecule has 0 aliphatic carbocycles. The van der Waals surface area contributed by atoms with Crippen LogP contribution < -0.4 is 10.2 Å². The Bertz CT molecular complexity index is 604. The predicted molar refractivity (Wildman–Crippen MR) is 93.9 cm³/mol. The Morgan fingerprint density at radius 3 is 2.12 bits per heavy atom. The molecule has 0 aromatic carbocycles. The van der Waals surface area contributed by atoms with E-state index < -0.39 is 7.12 Å². The molecule has 1 aromatic rings. The number of hydrogen-bond acceptors (Lipinski definition) is 5. The van der Waals surface area contributed by atoms with Crippen molar-refractivity contribution in [3.63, 3.8) is 0 Å². The smallest absolute Gasteiger partial charge is 0.472 e. The second kappa shape index (κ2) is 5.72. The van der Waals surface area contributed by atoms with Gasteiger partial charge in [-0.3, -0.25) is 0 Å². The first-order chi connectivity index (χ1) is 11.0. The van der Waals surface area contributed by atoms with Crippen molar-refractivity contribution in [1.82, 2.24) is 4.98 Å². The van der Waals surface area contributed by atoms with Gasteiger partial charge in [-0.1, -0.05) is 0 Å². The third kappa shape index (κ3) is 3.46. The molecule has 0 radical (unpaired) electrons. The van der Waals surface area contributed by atoms with E-state index in [4.69, 9.17) is 18.8 Å². The highest BCUT2D eigenvalue weighted by atomic mass is 16.7. The summed E-state index contributed by atoms with van der Waals surface area (Å²) in [5.74, 6) is 0.923. The van der Waals surface area contributed by atoms with Gasteiger partial charge in [0.2, 0.25) is 5.88 Å². The lowest BCUT2D eigenvalue weighted by atomic mass is 9.78. The zero-order valence-corrected chi connectivity index (χ0v) is 15.8. The van der Waals surface area contributed by atoms with Crippen LogP contribution in [-0.4, -0.2) is 42.1 Å². The summed E-state index contributed by atoms with van der Waals surface area (Å²) in [4.78, 5) is 4.67. The summed E-state index contributed by atoms with van der Waals surface area (Å²) >= 11 is 0. The Hall–Kier alpha value is -1.11. The van der Waals surface area contributed by atoms with Crippen LogP contribution in [0.2, 0.25) is 0 Å². The summed E-state index contributed by atoms with van der Waals surface area (Å²) in [6.45, 7) is 15.7. The van der Waals surface area contributed by atoms with Crippen LogP contribution in [0.1, 0.15) is 60.1 Å². The molecule has 2 aliphatic heterocycles. The molecule has 2 fully saturated rings. The Labute approximate surface area is 145 Å². The number of rotatable bonds is 3.